The molecule has 1 rings (SSSR count). The average molecular weight is 242 g/mol. The molecule has 0 amide bonds. The quantitative estimate of drug-likeness (QED) is 0.539. The SMILES string of the molecule is COCOC1=CC(=O)[C@@](C)(COC(C)=O)CC1. The number of hydrogen-bond donors (Lipinski definition) is 0. The van der Waals surface area contributed by atoms with Crippen LogP contribution in [0.15, 0.2) is 11.8 Å². The van der Waals surface area contributed by atoms with Crippen molar-refractivity contribution in [3.8, 4) is 0 Å². The van der Waals surface area contributed by atoms with E-state index in [0.29, 0.717) is 18.6 Å². The Morgan fingerprint density at radius 3 is 2.76 bits per heavy atom. The molecule has 17 heavy (non-hydrogen) atoms. The lowest BCUT2D eigenvalue weighted by Gasteiger charge is -2.30. The van der Waals surface area contributed by atoms with E-state index in [-0.39, 0.29) is 25.2 Å². The molecule has 0 aromatic carbocycles. The molecule has 0 bridgehead atoms. The number of ether oxygens (including phenoxy) is 3. The van der Waals surface area contributed by atoms with E-state index in [1.165, 1.54) is 20.1 Å². The zero-order valence-corrected chi connectivity index (χ0v) is 10.4. The highest BCUT2D eigenvalue weighted by atomic mass is 16.7. The van der Waals surface area contributed by atoms with Crippen molar-refractivity contribution >= 4 is 11.8 Å². The van der Waals surface area contributed by atoms with Crippen LogP contribution in [0.25, 0.3) is 0 Å². The molecule has 0 saturated heterocycles. The zero-order chi connectivity index (χ0) is 12.9. The minimum Gasteiger partial charge on any atom is -0.472 e. The standard InChI is InChI=1S/C12H18O5/c1-9(13)16-7-12(2)5-4-10(6-11(12)14)17-8-15-3/h6H,4-5,7-8H2,1-3H3/t12-/m1/s1. The third-order valence-corrected chi connectivity index (χ3v) is 2.77. The maximum atomic E-state index is 11.9. The van der Waals surface area contributed by atoms with Crippen molar-refractivity contribution < 1.29 is 23.8 Å². The van der Waals surface area contributed by atoms with Gasteiger partial charge in [-0.15, -0.1) is 0 Å². The summed E-state index contributed by atoms with van der Waals surface area (Å²) in [4.78, 5) is 22.7. The van der Waals surface area contributed by atoms with Gasteiger partial charge in [0.25, 0.3) is 0 Å². The average Bonchev–Trinajstić information content (AvgIpc) is 2.28. The molecule has 1 aliphatic rings. The monoisotopic (exact) mass is 242 g/mol. The first kappa shape index (κ1) is 13.7. The number of methoxy groups -OCH3 is 1. The third kappa shape index (κ3) is 3.85. The predicted molar refractivity (Wildman–Crippen MR) is 60.0 cm³/mol. The van der Waals surface area contributed by atoms with Gasteiger partial charge in [0.1, 0.15) is 12.4 Å². The highest BCUT2D eigenvalue weighted by Gasteiger charge is 2.36. The van der Waals surface area contributed by atoms with Gasteiger partial charge < -0.3 is 14.2 Å². The lowest BCUT2D eigenvalue weighted by molar-refractivity contribution is -0.147. The summed E-state index contributed by atoms with van der Waals surface area (Å²) in [6.07, 6.45) is 2.72. The smallest absolute Gasteiger partial charge is 0.302 e. The molecule has 0 aromatic heterocycles. The van der Waals surface area contributed by atoms with E-state index in [1.807, 2.05) is 0 Å². The van der Waals surface area contributed by atoms with Gasteiger partial charge in [-0.2, -0.15) is 0 Å². The normalized spacial score (nSPS) is 24.2. The molecule has 1 atom stereocenters. The van der Waals surface area contributed by atoms with E-state index in [4.69, 9.17) is 14.2 Å². The van der Waals surface area contributed by atoms with Crippen LogP contribution in [0, 0.1) is 5.41 Å². The molecular weight excluding hydrogens is 224 g/mol. The third-order valence-electron chi connectivity index (χ3n) is 2.77. The van der Waals surface area contributed by atoms with Gasteiger partial charge >= 0.3 is 5.97 Å². The van der Waals surface area contributed by atoms with Crippen LogP contribution in [0.2, 0.25) is 0 Å². The van der Waals surface area contributed by atoms with E-state index in [1.54, 1.807) is 6.92 Å². The molecule has 96 valence electrons. The fourth-order valence-corrected chi connectivity index (χ4v) is 1.57. The first-order valence-corrected chi connectivity index (χ1v) is 5.48. The molecule has 0 heterocycles. The van der Waals surface area contributed by atoms with Gasteiger partial charge in [0.2, 0.25) is 0 Å². The van der Waals surface area contributed by atoms with Gasteiger partial charge in [0.15, 0.2) is 12.6 Å². The number of ketones is 1. The second-order valence-electron chi connectivity index (χ2n) is 4.37. The first-order valence-electron chi connectivity index (χ1n) is 5.48. The van der Waals surface area contributed by atoms with Crippen molar-refractivity contribution in [2.75, 3.05) is 20.5 Å². The van der Waals surface area contributed by atoms with E-state index >= 15 is 0 Å². The van der Waals surface area contributed by atoms with Crippen molar-refractivity contribution in [1.82, 2.24) is 0 Å². The Labute approximate surface area is 101 Å². The van der Waals surface area contributed by atoms with E-state index < -0.39 is 5.41 Å². The number of carbonyl (C=O) groups is 2. The van der Waals surface area contributed by atoms with Crippen LogP contribution >= 0.6 is 0 Å². The molecule has 0 N–H and O–H groups in total. The molecule has 0 aromatic rings. The number of esters is 1. The maximum absolute atomic E-state index is 11.9. The van der Waals surface area contributed by atoms with Crippen LogP contribution < -0.4 is 0 Å². The molecule has 0 fully saturated rings. The highest BCUT2D eigenvalue weighted by Crippen LogP contribution is 2.32. The summed E-state index contributed by atoms with van der Waals surface area (Å²) in [6.45, 7) is 3.39. The van der Waals surface area contributed by atoms with Crippen molar-refractivity contribution in [2.45, 2.75) is 26.7 Å². The van der Waals surface area contributed by atoms with Crippen LogP contribution in [0.4, 0.5) is 0 Å². The summed E-state index contributed by atoms with van der Waals surface area (Å²) in [5.74, 6) is 0.178. The zero-order valence-electron chi connectivity index (χ0n) is 10.4. The largest absolute Gasteiger partial charge is 0.472 e. The number of rotatable bonds is 5. The van der Waals surface area contributed by atoms with E-state index in [9.17, 15) is 9.59 Å². The highest BCUT2D eigenvalue weighted by molar-refractivity contribution is 5.96. The first-order chi connectivity index (χ1) is 7.98. The van der Waals surface area contributed by atoms with E-state index in [2.05, 4.69) is 0 Å². The van der Waals surface area contributed by atoms with Gasteiger partial charge in [0, 0.05) is 26.5 Å². The number of carbonyl (C=O) groups excluding carboxylic acids is 2. The van der Waals surface area contributed by atoms with Crippen molar-refractivity contribution in [3.63, 3.8) is 0 Å². The Balaban J connectivity index is 2.59. The number of hydrogen-bond acceptors (Lipinski definition) is 5. The second-order valence-corrected chi connectivity index (χ2v) is 4.37. The Kier molecular flexibility index (Phi) is 4.69. The van der Waals surface area contributed by atoms with Crippen molar-refractivity contribution in [1.29, 1.82) is 0 Å². The Morgan fingerprint density at radius 1 is 1.53 bits per heavy atom. The predicted octanol–water partition coefficient (Wildman–Crippen LogP) is 1.42. The van der Waals surface area contributed by atoms with Crippen LogP contribution in [0.3, 0.4) is 0 Å². The fraction of sp³-hybridized carbons (Fsp3) is 0.667. The lowest BCUT2D eigenvalue weighted by atomic mass is 9.78. The van der Waals surface area contributed by atoms with Crippen molar-refractivity contribution in [3.05, 3.63) is 11.8 Å². The molecule has 5 heteroatoms. The van der Waals surface area contributed by atoms with Gasteiger partial charge in [-0.3, -0.25) is 9.59 Å². The lowest BCUT2D eigenvalue weighted by Crippen LogP contribution is -2.35. The minimum absolute atomic E-state index is 0.0731. The molecule has 0 unspecified atom stereocenters. The molecular formula is C12H18O5. The maximum Gasteiger partial charge on any atom is 0.302 e. The van der Waals surface area contributed by atoms with E-state index in [0.717, 1.165) is 0 Å². The molecule has 0 saturated carbocycles. The molecule has 0 spiro atoms. The Hall–Kier alpha value is -1.36. The summed E-state index contributed by atoms with van der Waals surface area (Å²) in [5, 5.41) is 0. The molecule has 0 radical (unpaired) electrons. The minimum atomic E-state index is -0.633. The molecule has 0 aliphatic heterocycles. The van der Waals surface area contributed by atoms with Gasteiger partial charge in [-0.05, 0) is 13.3 Å². The molecule has 5 nitrogen and oxygen atoms in total. The van der Waals surface area contributed by atoms with Crippen LogP contribution in [0.1, 0.15) is 26.7 Å². The molecule has 1 aliphatic carbocycles. The fourth-order valence-electron chi connectivity index (χ4n) is 1.57. The number of allylic oxidation sites excluding steroid dienone is 2. The van der Waals surface area contributed by atoms with Crippen molar-refractivity contribution in [2.24, 2.45) is 5.41 Å². The van der Waals surface area contributed by atoms with Gasteiger partial charge in [0.05, 0.1) is 5.41 Å². The summed E-state index contributed by atoms with van der Waals surface area (Å²) in [6, 6.07) is 0. The second kappa shape index (κ2) is 5.82. The van der Waals surface area contributed by atoms with Gasteiger partial charge in [-0.1, -0.05) is 0 Å². The summed E-state index contributed by atoms with van der Waals surface area (Å²) >= 11 is 0. The topological polar surface area (TPSA) is 61.8 Å². The van der Waals surface area contributed by atoms with Crippen LogP contribution in [-0.4, -0.2) is 32.3 Å². The summed E-state index contributed by atoms with van der Waals surface area (Å²) < 4.78 is 14.9. The summed E-state index contributed by atoms with van der Waals surface area (Å²) in [5.41, 5.74) is -0.633. The Bertz CT molecular complexity index is 334. The van der Waals surface area contributed by atoms with Gasteiger partial charge in [-0.25, -0.2) is 0 Å². The summed E-state index contributed by atoms with van der Waals surface area (Å²) in [7, 11) is 1.52. The van der Waals surface area contributed by atoms with Crippen LogP contribution in [0.5, 0.6) is 0 Å². The van der Waals surface area contributed by atoms with Crippen LogP contribution in [-0.2, 0) is 23.8 Å². The Morgan fingerprint density at radius 2 is 2.24 bits per heavy atom.